The summed E-state index contributed by atoms with van der Waals surface area (Å²) in [4.78, 5) is 11.2. The molecular formula is C9H10N2O2. The molecule has 13 heavy (non-hydrogen) atoms. The van der Waals surface area contributed by atoms with Crippen molar-refractivity contribution in [1.29, 1.82) is 0 Å². The molecule has 0 saturated carbocycles. The number of benzene rings is 1. The third-order valence-electron chi connectivity index (χ3n) is 2.08. The molecule has 1 aromatic carbocycles. The normalized spacial score (nSPS) is 10.9. The largest absolute Gasteiger partial charge is 0.365 e. The van der Waals surface area contributed by atoms with Crippen molar-refractivity contribution in [3.63, 3.8) is 0 Å². The van der Waals surface area contributed by atoms with Crippen LogP contribution in [0.2, 0.25) is 0 Å². The maximum absolute atomic E-state index is 11.2. The lowest BCUT2D eigenvalue weighted by Crippen LogP contribution is -1.97. The van der Waals surface area contributed by atoms with Gasteiger partial charge < -0.3 is 10.3 Å². The molecule has 0 amide bonds. The van der Waals surface area contributed by atoms with Gasteiger partial charge in [-0.15, -0.1) is 0 Å². The van der Waals surface area contributed by atoms with Crippen molar-refractivity contribution < 1.29 is 4.52 Å². The molecule has 2 N–H and O–H groups in total. The smallest absolute Gasteiger partial charge is 0.336 e. The van der Waals surface area contributed by atoms with E-state index in [9.17, 15) is 4.79 Å². The molecule has 4 heteroatoms. The van der Waals surface area contributed by atoms with E-state index in [4.69, 9.17) is 10.3 Å². The molecule has 0 aliphatic rings. The summed E-state index contributed by atoms with van der Waals surface area (Å²) >= 11 is 0. The van der Waals surface area contributed by atoms with Gasteiger partial charge in [0.2, 0.25) is 0 Å². The molecular weight excluding hydrogens is 168 g/mol. The quantitative estimate of drug-likeness (QED) is 0.695. The summed E-state index contributed by atoms with van der Waals surface area (Å²) in [5.74, 6) is 0. The predicted octanol–water partition coefficient (Wildman–Crippen LogP) is 0.590. The molecule has 0 fully saturated rings. The average Bonchev–Trinajstić information content (AvgIpc) is 2.42. The van der Waals surface area contributed by atoms with Crippen molar-refractivity contribution in [2.24, 2.45) is 12.8 Å². The van der Waals surface area contributed by atoms with E-state index in [1.807, 2.05) is 12.1 Å². The standard InChI is InChI=1S/C9H10N2O2/c1-11-8-3-2-6(5-10)4-7(8)9(12)13-11/h2-4H,5,10H2,1H3. The zero-order valence-corrected chi connectivity index (χ0v) is 7.28. The molecule has 0 unspecified atom stereocenters. The minimum atomic E-state index is -0.312. The lowest BCUT2D eigenvalue weighted by molar-refractivity contribution is 0.296. The van der Waals surface area contributed by atoms with E-state index in [0.29, 0.717) is 11.9 Å². The van der Waals surface area contributed by atoms with Gasteiger partial charge in [-0.3, -0.25) is 0 Å². The van der Waals surface area contributed by atoms with Gasteiger partial charge in [-0.25, -0.2) is 9.53 Å². The first-order valence-corrected chi connectivity index (χ1v) is 4.01. The zero-order chi connectivity index (χ0) is 9.42. The van der Waals surface area contributed by atoms with Crippen molar-refractivity contribution in [2.45, 2.75) is 6.54 Å². The van der Waals surface area contributed by atoms with Crippen molar-refractivity contribution in [3.05, 3.63) is 34.2 Å². The van der Waals surface area contributed by atoms with Crippen LogP contribution in [0.1, 0.15) is 5.56 Å². The number of aromatic nitrogens is 1. The molecule has 0 saturated heterocycles. The number of rotatable bonds is 1. The lowest BCUT2D eigenvalue weighted by Gasteiger charge is -1.95. The maximum atomic E-state index is 11.2. The highest BCUT2D eigenvalue weighted by molar-refractivity contribution is 5.78. The first-order valence-electron chi connectivity index (χ1n) is 4.01. The van der Waals surface area contributed by atoms with E-state index < -0.39 is 0 Å². The minimum Gasteiger partial charge on any atom is -0.336 e. The molecule has 4 nitrogen and oxygen atoms in total. The number of aryl methyl sites for hydroxylation is 1. The number of hydrogen-bond acceptors (Lipinski definition) is 3. The summed E-state index contributed by atoms with van der Waals surface area (Å²) < 4.78 is 6.34. The van der Waals surface area contributed by atoms with Crippen LogP contribution in [0.3, 0.4) is 0 Å². The van der Waals surface area contributed by atoms with Crippen LogP contribution in [-0.4, -0.2) is 4.74 Å². The van der Waals surface area contributed by atoms with Crippen LogP contribution in [0, 0.1) is 0 Å². The number of nitrogens with zero attached hydrogens (tertiary/aromatic N) is 1. The van der Waals surface area contributed by atoms with Gasteiger partial charge in [0.1, 0.15) is 0 Å². The monoisotopic (exact) mass is 178 g/mol. The Bertz CT molecular complexity index is 496. The Morgan fingerprint density at radius 1 is 1.54 bits per heavy atom. The Labute approximate surface area is 74.5 Å². The molecule has 1 heterocycles. The van der Waals surface area contributed by atoms with E-state index in [1.165, 1.54) is 4.74 Å². The van der Waals surface area contributed by atoms with Crippen molar-refractivity contribution in [1.82, 2.24) is 4.74 Å². The van der Waals surface area contributed by atoms with Crippen molar-refractivity contribution in [2.75, 3.05) is 0 Å². The number of nitrogens with two attached hydrogens (primary N) is 1. The van der Waals surface area contributed by atoms with E-state index in [-0.39, 0.29) is 5.63 Å². The predicted molar refractivity (Wildman–Crippen MR) is 49.3 cm³/mol. The van der Waals surface area contributed by atoms with Gasteiger partial charge in [0.05, 0.1) is 10.9 Å². The van der Waals surface area contributed by atoms with E-state index in [2.05, 4.69) is 0 Å². The fourth-order valence-electron chi connectivity index (χ4n) is 1.37. The molecule has 0 atom stereocenters. The molecule has 2 rings (SSSR count). The second kappa shape index (κ2) is 2.74. The van der Waals surface area contributed by atoms with Gasteiger partial charge in [0.25, 0.3) is 0 Å². The van der Waals surface area contributed by atoms with Gasteiger partial charge in [0, 0.05) is 13.6 Å². The highest BCUT2D eigenvalue weighted by Gasteiger charge is 2.05. The van der Waals surface area contributed by atoms with E-state index in [1.54, 1.807) is 13.1 Å². The summed E-state index contributed by atoms with van der Waals surface area (Å²) in [5, 5.41) is 0.588. The second-order valence-corrected chi connectivity index (χ2v) is 2.93. The zero-order valence-electron chi connectivity index (χ0n) is 7.28. The molecule has 0 aliphatic heterocycles. The topological polar surface area (TPSA) is 61.2 Å². The van der Waals surface area contributed by atoms with Crippen LogP contribution in [0.5, 0.6) is 0 Å². The molecule has 1 aromatic heterocycles. The van der Waals surface area contributed by atoms with Crippen LogP contribution >= 0.6 is 0 Å². The summed E-state index contributed by atoms with van der Waals surface area (Å²) in [6, 6.07) is 5.49. The second-order valence-electron chi connectivity index (χ2n) is 2.93. The Morgan fingerprint density at radius 2 is 2.31 bits per heavy atom. The summed E-state index contributed by atoms with van der Waals surface area (Å²) in [7, 11) is 1.70. The molecule has 0 radical (unpaired) electrons. The van der Waals surface area contributed by atoms with Gasteiger partial charge in [-0.05, 0) is 17.7 Å². The summed E-state index contributed by atoms with van der Waals surface area (Å²) in [6.07, 6.45) is 0. The summed E-state index contributed by atoms with van der Waals surface area (Å²) in [5.41, 5.74) is 6.88. The molecule has 68 valence electrons. The number of fused-ring (bicyclic) bond motifs is 1. The van der Waals surface area contributed by atoms with Crippen LogP contribution in [0.15, 0.2) is 27.5 Å². The van der Waals surface area contributed by atoms with Gasteiger partial charge in [-0.2, -0.15) is 0 Å². The van der Waals surface area contributed by atoms with Crippen LogP contribution in [0.25, 0.3) is 10.9 Å². The van der Waals surface area contributed by atoms with Crippen LogP contribution in [0.4, 0.5) is 0 Å². The minimum absolute atomic E-state index is 0.312. The Hall–Kier alpha value is -1.55. The fraction of sp³-hybridized carbons (Fsp3) is 0.222. The Kier molecular flexibility index (Phi) is 1.70. The highest BCUT2D eigenvalue weighted by Crippen LogP contribution is 2.11. The van der Waals surface area contributed by atoms with Crippen LogP contribution in [-0.2, 0) is 13.6 Å². The maximum Gasteiger partial charge on any atom is 0.365 e. The first-order chi connectivity index (χ1) is 6.22. The Balaban J connectivity index is 2.84. The van der Waals surface area contributed by atoms with E-state index >= 15 is 0 Å². The summed E-state index contributed by atoms with van der Waals surface area (Å²) in [6.45, 7) is 0.435. The third kappa shape index (κ3) is 1.15. The SMILES string of the molecule is Cn1oc(=O)c2cc(CN)ccc21. The highest BCUT2D eigenvalue weighted by atomic mass is 16.5. The lowest BCUT2D eigenvalue weighted by atomic mass is 10.1. The van der Waals surface area contributed by atoms with Crippen LogP contribution < -0.4 is 11.4 Å². The van der Waals surface area contributed by atoms with E-state index in [0.717, 1.165) is 11.1 Å². The van der Waals surface area contributed by atoms with Gasteiger partial charge >= 0.3 is 5.63 Å². The number of hydrogen-bond donors (Lipinski definition) is 1. The fourth-order valence-corrected chi connectivity index (χ4v) is 1.37. The van der Waals surface area contributed by atoms with Gasteiger partial charge in [0.15, 0.2) is 0 Å². The first kappa shape index (κ1) is 8.07. The van der Waals surface area contributed by atoms with Crippen molar-refractivity contribution in [3.8, 4) is 0 Å². The molecule has 0 aliphatic carbocycles. The molecule has 2 aromatic rings. The Morgan fingerprint density at radius 3 is 3.00 bits per heavy atom. The molecule has 0 bridgehead atoms. The third-order valence-corrected chi connectivity index (χ3v) is 2.08. The molecule has 0 spiro atoms. The van der Waals surface area contributed by atoms with Crippen molar-refractivity contribution >= 4 is 10.9 Å². The van der Waals surface area contributed by atoms with Gasteiger partial charge in [-0.1, -0.05) is 6.07 Å². The average molecular weight is 178 g/mol.